The largest absolute Gasteiger partial charge is 0.395 e. The SMILES string of the molecule is CCN(CCO)CC(=O)NC1(C#N)CCCC1. The van der Waals surface area contributed by atoms with Crippen LogP contribution in [0.15, 0.2) is 0 Å². The summed E-state index contributed by atoms with van der Waals surface area (Å²) in [7, 11) is 0. The van der Waals surface area contributed by atoms with Crippen molar-refractivity contribution in [3.05, 3.63) is 0 Å². The van der Waals surface area contributed by atoms with Crippen LogP contribution in [0.25, 0.3) is 0 Å². The van der Waals surface area contributed by atoms with E-state index in [1.807, 2.05) is 11.8 Å². The zero-order chi connectivity index (χ0) is 12.7. The highest BCUT2D eigenvalue weighted by Crippen LogP contribution is 2.28. The van der Waals surface area contributed by atoms with E-state index in [1.54, 1.807) is 0 Å². The van der Waals surface area contributed by atoms with Crippen molar-refractivity contribution in [1.82, 2.24) is 10.2 Å². The smallest absolute Gasteiger partial charge is 0.235 e. The van der Waals surface area contributed by atoms with Crippen LogP contribution in [-0.2, 0) is 4.79 Å². The average Bonchev–Trinajstić information content (AvgIpc) is 2.77. The first kappa shape index (κ1) is 13.9. The topological polar surface area (TPSA) is 76.4 Å². The van der Waals surface area contributed by atoms with Gasteiger partial charge in [0.15, 0.2) is 0 Å². The molecule has 5 nitrogen and oxygen atoms in total. The summed E-state index contributed by atoms with van der Waals surface area (Å²) >= 11 is 0. The zero-order valence-electron chi connectivity index (χ0n) is 10.4. The normalized spacial score (nSPS) is 18.0. The molecule has 17 heavy (non-hydrogen) atoms. The Morgan fingerprint density at radius 3 is 2.65 bits per heavy atom. The van der Waals surface area contributed by atoms with Crippen LogP contribution in [0.4, 0.5) is 0 Å². The number of nitrogens with one attached hydrogen (secondary N) is 1. The van der Waals surface area contributed by atoms with Crippen LogP contribution in [-0.4, -0.2) is 47.7 Å². The molecule has 96 valence electrons. The second kappa shape index (κ2) is 6.58. The predicted octanol–water partition coefficient (Wildman–Crippen LogP) is 0.253. The van der Waals surface area contributed by atoms with Gasteiger partial charge in [0.1, 0.15) is 5.54 Å². The lowest BCUT2D eigenvalue weighted by atomic mass is 10.00. The van der Waals surface area contributed by atoms with Crippen molar-refractivity contribution in [3.8, 4) is 6.07 Å². The van der Waals surface area contributed by atoms with Gasteiger partial charge in [0.2, 0.25) is 5.91 Å². The fraction of sp³-hybridized carbons (Fsp3) is 0.833. The van der Waals surface area contributed by atoms with Crippen LogP contribution in [0.1, 0.15) is 32.6 Å². The summed E-state index contributed by atoms with van der Waals surface area (Å²) in [6.07, 6.45) is 3.51. The molecule has 0 aromatic rings. The van der Waals surface area contributed by atoms with E-state index in [2.05, 4.69) is 11.4 Å². The molecule has 0 aromatic heterocycles. The van der Waals surface area contributed by atoms with Gasteiger partial charge in [-0.1, -0.05) is 6.92 Å². The maximum atomic E-state index is 11.8. The average molecular weight is 239 g/mol. The molecule has 1 fully saturated rings. The number of hydrogen-bond donors (Lipinski definition) is 2. The molecule has 1 amide bonds. The molecule has 1 saturated carbocycles. The van der Waals surface area contributed by atoms with Crippen LogP contribution in [0, 0.1) is 11.3 Å². The van der Waals surface area contributed by atoms with E-state index in [1.165, 1.54) is 0 Å². The summed E-state index contributed by atoms with van der Waals surface area (Å²) in [5, 5.41) is 20.8. The third-order valence-corrected chi connectivity index (χ3v) is 3.28. The number of aliphatic hydroxyl groups excluding tert-OH is 1. The third-order valence-electron chi connectivity index (χ3n) is 3.28. The van der Waals surface area contributed by atoms with Crippen molar-refractivity contribution >= 4 is 5.91 Å². The first-order valence-electron chi connectivity index (χ1n) is 6.21. The van der Waals surface area contributed by atoms with Crippen molar-refractivity contribution in [2.75, 3.05) is 26.2 Å². The molecule has 1 aliphatic rings. The number of carbonyl (C=O) groups excluding carboxylic acids is 1. The van der Waals surface area contributed by atoms with Crippen LogP contribution < -0.4 is 5.32 Å². The summed E-state index contributed by atoms with van der Waals surface area (Å²) in [6.45, 7) is 3.45. The standard InChI is InChI=1S/C12H21N3O2/c1-2-15(7-8-16)9-11(17)14-12(10-13)5-3-4-6-12/h16H,2-9H2,1H3,(H,14,17). The van der Waals surface area contributed by atoms with E-state index >= 15 is 0 Å². The number of aliphatic hydroxyl groups is 1. The van der Waals surface area contributed by atoms with Crippen molar-refractivity contribution in [2.24, 2.45) is 0 Å². The Labute approximate surface area is 102 Å². The summed E-state index contributed by atoms with van der Waals surface area (Å²) in [5.74, 6) is -0.122. The maximum Gasteiger partial charge on any atom is 0.235 e. The number of likely N-dealkylation sites (N-methyl/N-ethyl adjacent to an activating group) is 1. The minimum Gasteiger partial charge on any atom is -0.395 e. The Balaban J connectivity index is 2.45. The van der Waals surface area contributed by atoms with E-state index in [9.17, 15) is 4.79 Å². The first-order valence-corrected chi connectivity index (χ1v) is 6.21. The van der Waals surface area contributed by atoms with E-state index in [0.29, 0.717) is 13.1 Å². The number of nitriles is 1. The Morgan fingerprint density at radius 1 is 1.53 bits per heavy atom. The summed E-state index contributed by atoms with van der Waals surface area (Å²) < 4.78 is 0. The fourth-order valence-electron chi connectivity index (χ4n) is 2.24. The highest BCUT2D eigenvalue weighted by atomic mass is 16.3. The first-order chi connectivity index (χ1) is 8.15. The van der Waals surface area contributed by atoms with E-state index in [4.69, 9.17) is 10.4 Å². The number of rotatable bonds is 6. The van der Waals surface area contributed by atoms with Gasteiger partial charge in [-0.15, -0.1) is 0 Å². The lowest BCUT2D eigenvalue weighted by Crippen LogP contribution is -2.49. The van der Waals surface area contributed by atoms with Gasteiger partial charge in [0.25, 0.3) is 0 Å². The molecule has 0 aromatic carbocycles. The molecule has 0 saturated heterocycles. The van der Waals surface area contributed by atoms with Gasteiger partial charge in [0.05, 0.1) is 19.2 Å². The third kappa shape index (κ3) is 3.99. The van der Waals surface area contributed by atoms with E-state index in [-0.39, 0.29) is 19.1 Å². The Hall–Kier alpha value is -1.12. The Bertz CT molecular complexity index is 293. The molecule has 2 N–H and O–H groups in total. The van der Waals surface area contributed by atoms with Gasteiger partial charge in [-0.2, -0.15) is 5.26 Å². The van der Waals surface area contributed by atoms with Gasteiger partial charge < -0.3 is 10.4 Å². The maximum absolute atomic E-state index is 11.8. The molecule has 0 atom stereocenters. The van der Waals surface area contributed by atoms with Crippen molar-refractivity contribution in [1.29, 1.82) is 5.26 Å². The molecule has 0 unspecified atom stereocenters. The number of carbonyl (C=O) groups is 1. The number of nitrogens with zero attached hydrogens (tertiary/aromatic N) is 2. The Morgan fingerprint density at radius 2 is 2.18 bits per heavy atom. The minimum atomic E-state index is -0.643. The van der Waals surface area contributed by atoms with Gasteiger partial charge in [-0.05, 0) is 32.2 Å². The van der Waals surface area contributed by atoms with Gasteiger partial charge in [-0.3, -0.25) is 9.69 Å². The van der Waals surface area contributed by atoms with Crippen molar-refractivity contribution in [3.63, 3.8) is 0 Å². The fourth-order valence-corrected chi connectivity index (χ4v) is 2.24. The molecular formula is C12H21N3O2. The highest BCUT2D eigenvalue weighted by Gasteiger charge is 2.35. The van der Waals surface area contributed by atoms with E-state index in [0.717, 1.165) is 25.7 Å². The second-order valence-electron chi connectivity index (χ2n) is 4.54. The van der Waals surface area contributed by atoms with Gasteiger partial charge in [-0.25, -0.2) is 0 Å². The zero-order valence-corrected chi connectivity index (χ0v) is 10.4. The van der Waals surface area contributed by atoms with Gasteiger partial charge >= 0.3 is 0 Å². The van der Waals surface area contributed by atoms with Crippen LogP contribution in [0.3, 0.4) is 0 Å². The molecule has 1 aliphatic carbocycles. The van der Waals surface area contributed by atoms with Crippen molar-refractivity contribution < 1.29 is 9.90 Å². The molecule has 5 heteroatoms. The minimum absolute atomic E-state index is 0.0461. The predicted molar refractivity (Wildman–Crippen MR) is 64.2 cm³/mol. The second-order valence-corrected chi connectivity index (χ2v) is 4.54. The molecule has 0 bridgehead atoms. The molecular weight excluding hydrogens is 218 g/mol. The van der Waals surface area contributed by atoms with Gasteiger partial charge in [0, 0.05) is 6.54 Å². The van der Waals surface area contributed by atoms with Crippen LogP contribution in [0.2, 0.25) is 0 Å². The molecule has 0 radical (unpaired) electrons. The Kier molecular flexibility index (Phi) is 5.39. The molecule has 1 rings (SSSR count). The molecule has 0 aliphatic heterocycles. The van der Waals surface area contributed by atoms with Crippen LogP contribution >= 0.6 is 0 Å². The number of amides is 1. The molecule has 0 spiro atoms. The lowest BCUT2D eigenvalue weighted by Gasteiger charge is -2.25. The molecule has 0 heterocycles. The summed E-state index contributed by atoms with van der Waals surface area (Å²) in [5.41, 5.74) is -0.643. The monoisotopic (exact) mass is 239 g/mol. The van der Waals surface area contributed by atoms with Crippen LogP contribution in [0.5, 0.6) is 0 Å². The summed E-state index contributed by atoms with van der Waals surface area (Å²) in [4.78, 5) is 13.7. The lowest BCUT2D eigenvalue weighted by molar-refractivity contribution is -0.123. The number of hydrogen-bond acceptors (Lipinski definition) is 4. The van der Waals surface area contributed by atoms with E-state index < -0.39 is 5.54 Å². The van der Waals surface area contributed by atoms with Crippen molar-refractivity contribution in [2.45, 2.75) is 38.1 Å². The quantitative estimate of drug-likeness (QED) is 0.697. The summed E-state index contributed by atoms with van der Waals surface area (Å²) in [6, 6.07) is 2.23. The highest BCUT2D eigenvalue weighted by molar-refractivity contribution is 5.79.